The fraction of sp³-hybridized carbons (Fsp3) is 0.417. The molecular formula is C12H14F2O. The van der Waals surface area contributed by atoms with Crippen LogP contribution < -0.4 is 0 Å². The second-order valence-electron chi connectivity index (χ2n) is 4.19. The average molecular weight is 212 g/mol. The van der Waals surface area contributed by atoms with Gasteiger partial charge in [0, 0.05) is 11.5 Å². The lowest BCUT2D eigenvalue weighted by atomic mass is 9.82. The standard InChI is InChI=1S/C12H14F2O/c1-4-12(2,3)11(15)9-6-5-8(13)7-10(9)14/h5-7H,4H2,1-3H3. The number of rotatable bonds is 3. The van der Waals surface area contributed by atoms with Crippen molar-refractivity contribution in [3.05, 3.63) is 35.4 Å². The van der Waals surface area contributed by atoms with Crippen LogP contribution in [0.15, 0.2) is 18.2 Å². The molecule has 0 spiro atoms. The van der Waals surface area contributed by atoms with Gasteiger partial charge in [0.1, 0.15) is 11.6 Å². The molecule has 0 unspecified atom stereocenters. The molecule has 0 amide bonds. The first-order valence-corrected chi connectivity index (χ1v) is 4.88. The van der Waals surface area contributed by atoms with Crippen LogP contribution in [0.4, 0.5) is 8.78 Å². The lowest BCUT2D eigenvalue weighted by Gasteiger charge is -2.20. The summed E-state index contributed by atoms with van der Waals surface area (Å²) >= 11 is 0. The molecule has 0 N–H and O–H groups in total. The lowest BCUT2D eigenvalue weighted by molar-refractivity contribution is 0.0828. The van der Waals surface area contributed by atoms with Crippen LogP contribution in [0.25, 0.3) is 0 Å². The van der Waals surface area contributed by atoms with Crippen molar-refractivity contribution >= 4 is 5.78 Å². The first kappa shape index (κ1) is 11.8. The van der Waals surface area contributed by atoms with E-state index in [9.17, 15) is 13.6 Å². The molecule has 3 heteroatoms. The molecule has 0 aliphatic heterocycles. The van der Waals surface area contributed by atoms with Gasteiger partial charge in [-0.15, -0.1) is 0 Å². The minimum Gasteiger partial charge on any atom is -0.293 e. The van der Waals surface area contributed by atoms with E-state index in [0.29, 0.717) is 6.42 Å². The maximum absolute atomic E-state index is 13.3. The van der Waals surface area contributed by atoms with Gasteiger partial charge in [0.2, 0.25) is 0 Å². The summed E-state index contributed by atoms with van der Waals surface area (Å²) < 4.78 is 25.9. The third-order valence-electron chi connectivity index (χ3n) is 2.67. The van der Waals surface area contributed by atoms with E-state index in [-0.39, 0.29) is 11.3 Å². The predicted octanol–water partition coefficient (Wildman–Crippen LogP) is 3.58. The van der Waals surface area contributed by atoms with E-state index in [4.69, 9.17) is 0 Å². The molecule has 0 heterocycles. The summed E-state index contributed by atoms with van der Waals surface area (Å²) in [5.74, 6) is -1.75. The zero-order valence-corrected chi connectivity index (χ0v) is 9.10. The minimum atomic E-state index is -0.790. The highest BCUT2D eigenvalue weighted by Crippen LogP contribution is 2.26. The molecule has 0 atom stereocenters. The van der Waals surface area contributed by atoms with Crippen molar-refractivity contribution in [3.8, 4) is 0 Å². The smallest absolute Gasteiger partial charge is 0.171 e. The molecule has 82 valence electrons. The molecule has 0 bridgehead atoms. The highest BCUT2D eigenvalue weighted by Gasteiger charge is 2.28. The zero-order valence-electron chi connectivity index (χ0n) is 9.10. The summed E-state index contributed by atoms with van der Waals surface area (Å²) in [6.07, 6.45) is 0.614. The van der Waals surface area contributed by atoms with Crippen molar-refractivity contribution in [2.75, 3.05) is 0 Å². The Labute approximate surface area is 88.1 Å². The van der Waals surface area contributed by atoms with E-state index in [1.54, 1.807) is 13.8 Å². The fourth-order valence-corrected chi connectivity index (χ4v) is 1.20. The number of halogens is 2. The molecule has 0 saturated carbocycles. The summed E-state index contributed by atoms with van der Waals surface area (Å²) in [7, 11) is 0. The van der Waals surface area contributed by atoms with Crippen molar-refractivity contribution in [3.63, 3.8) is 0 Å². The van der Waals surface area contributed by atoms with E-state index in [2.05, 4.69) is 0 Å². The Kier molecular flexibility index (Phi) is 3.22. The van der Waals surface area contributed by atoms with E-state index < -0.39 is 17.0 Å². The maximum atomic E-state index is 13.3. The summed E-state index contributed by atoms with van der Waals surface area (Å²) in [5.41, 5.74) is -0.651. The fourth-order valence-electron chi connectivity index (χ4n) is 1.20. The molecule has 0 radical (unpaired) electrons. The summed E-state index contributed by atoms with van der Waals surface area (Å²) in [5, 5.41) is 0. The molecule has 0 aliphatic carbocycles. The largest absolute Gasteiger partial charge is 0.293 e. The third kappa shape index (κ3) is 2.41. The quantitative estimate of drug-likeness (QED) is 0.700. The normalized spacial score (nSPS) is 11.5. The van der Waals surface area contributed by atoms with Crippen LogP contribution in [0, 0.1) is 17.0 Å². The highest BCUT2D eigenvalue weighted by atomic mass is 19.1. The predicted molar refractivity (Wildman–Crippen MR) is 54.8 cm³/mol. The molecule has 1 nitrogen and oxygen atoms in total. The Bertz CT molecular complexity index is 383. The maximum Gasteiger partial charge on any atom is 0.171 e. The number of hydrogen-bond acceptors (Lipinski definition) is 1. The van der Waals surface area contributed by atoms with Crippen LogP contribution in [-0.4, -0.2) is 5.78 Å². The van der Waals surface area contributed by atoms with Crippen molar-refractivity contribution in [2.24, 2.45) is 5.41 Å². The van der Waals surface area contributed by atoms with E-state index in [1.165, 1.54) is 6.07 Å². The molecule has 0 aromatic heterocycles. The second-order valence-corrected chi connectivity index (χ2v) is 4.19. The van der Waals surface area contributed by atoms with Gasteiger partial charge in [0.25, 0.3) is 0 Å². The Morgan fingerprint density at radius 2 is 1.93 bits per heavy atom. The van der Waals surface area contributed by atoms with Crippen molar-refractivity contribution in [1.29, 1.82) is 0 Å². The van der Waals surface area contributed by atoms with Crippen molar-refractivity contribution in [2.45, 2.75) is 27.2 Å². The Balaban J connectivity index is 3.12. The number of carbonyl (C=O) groups is 1. The first-order chi connectivity index (χ1) is 6.88. The van der Waals surface area contributed by atoms with Gasteiger partial charge in [-0.25, -0.2) is 8.78 Å². The molecule has 1 aromatic carbocycles. The van der Waals surface area contributed by atoms with Crippen LogP contribution in [0.1, 0.15) is 37.6 Å². The van der Waals surface area contributed by atoms with Crippen molar-refractivity contribution in [1.82, 2.24) is 0 Å². The van der Waals surface area contributed by atoms with E-state index in [0.717, 1.165) is 12.1 Å². The molecule has 0 saturated heterocycles. The lowest BCUT2D eigenvalue weighted by Crippen LogP contribution is -2.24. The van der Waals surface area contributed by atoms with Gasteiger partial charge in [-0.05, 0) is 18.6 Å². The van der Waals surface area contributed by atoms with Crippen LogP contribution in [0.2, 0.25) is 0 Å². The monoisotopic (exact) mass is 212 g/mol. The van der Waals surface area contributed by atoms with Gasteiger partial charge in [-0.2, -0.15) is 0 Å². The van der Waals surface area contributed by atoms with Crippen molar-refractivity contribution < 1.29 is 13.6 Å². The summed E-state index contributed by atoms with van der Waals surface area (Å²) in [6, 6.07) is 3.03. The zero-order chi connectivity index (χ0) is 11.6. The van der Waals surface area contributed by atoms with Crippen LogP contribution >= 0.6 is 0 Å². The topological polar surface area (TPSA) is 17.1 Å². The molecule has 1 rings (SSSR count). The third-order valence-corrected chi connectivity index (χ3v) is 2.67. The number of benzene rings is 1. The number of ketones is 1. The second kappa shape index (κ2) is 4.09. The first-order valence-electron chi connectivity index (χ1n) is 4.88. The van der Waals surface area contributed by atoms with Gasteiger partial charge in [0.15, 0.2) is 5.78 Å². The van der Waals surface area contributed by atoms with Gasteiger partial charge >= 0.3 is 0 Å². The highest BCUT2D eigenvalue weighted by molar-refractivity contribution is 6.00. The van der Waals surface area contributed by atoms with Crippen LogP contribution in [0.3, 0.4) is 0 Å². The van der Waals surface area contributed by atoms with Gasteiger partial charge in [0.05, 0.1) is 5.56 Å². The molecule has 0 fully saturated rings. The van der Waals surface area contributed by atoms with Crippen LogP contribution in [-0.2, 0) is 0 Å². The molecule has 0 aliphatic rings. The number of hydrogen-bond donors (Lipinski definition) is 0. The van der Waals surface area contributed by atoms with Gasteiger partial charge < -0.3 is 0 Å². The molecule has 1 aromatic rings. The molecular weight excluding hydrogens is 198 g/mol. The minimum absolute atomic E-state index is 0.0387. The number of Topliss-reactive ketones (excluding diaryl/α,β-unsaturated/α-hetero) is 1. The Morgan fingerprint density at radius 3 is 2.40 bits per heavy atom. The average Bonchev–Trinajstić information content (AvgIpc) is 2.17. The molecule has 15 heavy (non-hydrogen) atoms. The Morgan fingerprint density at radius 1 is 1.33 bits per heavy atom. The van der Waals surface area contributed by atoms with Crippen LogP contribution in [0.5, 0.6) is 0 Å². The number of carbonyl (C=O) groups excluding carboxylic acids is 1. The summed E-state index contributed by atoms with van der Waals surface area (Å²) in [6.45, 7) is 5.36. The van der Waals surface area contributed by atoms with Gasteiger partial charge in [-0.3, -0.25) is 4.79 Å². The van der Waals surface area contributed by atoms with E-state index in [1.807, 2.05) is 6.92 Å². The van der Waals surface area contributed by atoms with Gasteiger partial charge in [-0.1, -0.05) is 20.8 Å². The Hall–Kier alpha value is -1.25. The summed E-state index contributed by atoms with van der Waals surface area (Å²) in [4.78, 5) is 11.9. The van der Waals surface area contributed by atoms with E-state index >= 15 is 0 Å². The SMILES string of the molecule is CCC(C)(C)C(=O)c1ccc(F)cc1F.